The van der Waals surface area contributed by atoms with E-state index in [0.717, 1.165) is 25.0 Å². The minimum absolute atomic E-state index is 0.276. The van der Waals surface area contributed by atoms with Gasteiger partial charge in [0.05, 0.1) is 18.4 Å². The number of esters is 1. The van der Waals surface area contributed by atoms with Gasteiger partial charge in [-0.1, -0.05) is 11.6 Å². The van der Waals surface area contributed by atoms with E-state index in [4.69, 9.17) is 11.6 Å². The molecule has 0 spiro atoms. The largest absolute Gasteiger partial charge is 0.466 e. The Morgan fingerprint density at radius 3 is 2.70 bits per heavy atom. The van der Waals surface area contributed by atoms with E-state index >= 15 is 0 Å². The molecule has 0 unspecified atom stereocenters. The summed E-state index contributed by atoms with van der Waals surface area (Å²) in [6.07, 6.45) is 4.28. The molecule has 2 amide bonds. The molecule has 0 saturated heterocycles. The van der Waals surface area contributed by atoms with Crippen molar-refractivity contribution in [2.24, 2.45) is 5.92 Å². The van der Waals surface area contributed by atoms with Gasteiger partial charge >= 0.3 is 5.97 Å². The third-order valence-electron chi connectivity index (χ3n) is 3.30. The predicted molar refractivity (Wildman–Crippen MR) is 86.3 cm³/mol. The number of carbonyl (C=O) groups is 3. The lowest BCUT2D eigenvalue weighted by molar-refractivity contribution is -0.135. The van der Waals surface area contributed by atoms with Crippen LogP contribution >= 0.6 is 11.6 Å². The summed E-state index contributed by atoms with van der Waals surface area (Å²) in [7, 11) is 1.21. The van der Waals surface area contributed by atoms with Gasteiger partial charge in [-0.05, 0) is 37.0 Å². The molecule has 7 heteroatoms. The van der Waals surface area contributed by atoms with Gasteiger partial charge in [0.1, 0.15) is 0 Å². The van der Waals surface area contributed by atoms with Crippen LogP contribution in [0.5, 0.6) is 0 Å². The monoisotopic (exact) mass is 336 g/mol. The third kappa shape index (κ3) is 5.41. The smallest absolute Gasteiger partial charge is 0.330 e. The number of hydrogen-bond acceptors (Lipinski definition) is 4. The van der Waals surface area contributed by atoms with Crippen LogP contribution in [0.25, 0.3) is 0 Å². The van der Waals surface area contributed by atoms with Crippen molar-refractivity contribution in [3.63, 3.8) is 0 Å². The number of amides is 2. The van der Waals surface area contributed by atoms with E-state index in [2.05, 4.69) is 15.4 Å². The standard InChI is InChI=1S/C16H17ClN2O4/c1-23-15(21)7-6-14(20)19-13-5-4-11(17)8-12(13)16(22)18-9-10-2-3-10/h4-8,10H,2-3,9H2,1H3,(H,18,22)(H,19,20)/b7-6-. The van der Waals surface area contributed by atoms with Crippen molar-refractivity contribution >= 4 is 35.1 Å². The Bertz CT molecular complexity index is 653. The first kappa shape index (κ1) is 17.0. The molecule has 0 radical (unpaired) electrons. The quantitative estimate of drug-likeness (QED) is 0.615. The number of hydrogen-bond donors (Lipinski definition) is 2. The summed E-state index contributed by atoms with van der Waals surface area (Å²) in [6.45, 7) is 0.612. The predicted octanol–water partition coefficient (Wildman–Crippen LogP) is 2.15. The SMILES string of the molecule is COC(=O)/C=C\C(=O)Nc1ccc(Cl)cc1C(=O)NCC1CC1. The molecule has 2 rings (SSSR count). The highest BCUT2D eigenvalue weighted by atomic mass is 35.5. The Kier molecular flexibility index (Phi) is 5.76. The summed E-state index contributed by atoms with van der Waals surface area (Å²) in [4.78, 5) is 35.0. The van der Waals surface area contributed by atoms with Crippen LogP contribution in [0.4, 0.5) is 5.69 Å². The number of rotatable bonds is 6. The molecule has 6 nitrogen and oxygen atoms in total. The van der Waals surface area contributed by atoms with Gasteiger partial charge in [0, 0.05) is 23.7 Å². The Morgan fingerprint density at radius 1 is 1.30 bits per heavy atom. The van der Waals surface area contributed by atoms with Gasteiger partial charge in [0.15, 0.2) is 0 Å². The van der Waals surface area contributed by atoms with Crippen molar-refractivity contribution < 1.29 is 19.1 Å². The Morgan fingerprint density at radius 2 is 2.04 bits per heavy atom. The van der Waals surface area contributed by atoms with Gasteiger partial charge in [-0.25, -0.2) is 4.79 Å². The molecule has 1 aromatic carbocycles. The van der Waals surface area contributed by atoms with Crippen LogP contribution in [0, 0.1) is 5.92 Å². The van der Waals surface area contributed by atoms with E-state index in [-0.39, 0.29) is 11.5 Å². The number of anilines is 1. The lowest BCUT2D eigenvalue weighted by atomic mass is 10.1. The van der Waals surface area contributed by atoms with Crippen LogP contribution in [0.2, 0.25) is 5.02 Å². The fourth-order valence-electron chi connectivity index (χ4n) is 1.85. The molecular formula is C16H17ClN2O4. The summed E-state index contributed by atoms with van der Waals surface area (Å²) in [5.74, 6) is -0.946. The maximum atomic E-state index is 12.2. The van der Waals surface area contributed by atoms with Crippen LogP contribution < -0.4 is 10.6 Å². The Balaban J connectivity index is 2.07. The highest BCUT2D eigenvalue weighted by Crippen LogP contribution is 2.28. The van der Waals surface area contributed by atoms with E-state index in [0.29, 0.717) is 23.2 Å². The molecule has 2 N–H and O–H groups in total. The molecule has 122 valence electrons. The molecule has 1 saturated carbocycles. The van der Waals surface area contributed by atoms with Crippen LogP contribution in [0.15, 0.2) is 30.4 Å². The average Bonchev–Trinajstić information content (AvgIpc) is 3.36. The summed E-state index contributed by atoms with van der Waals surface area (Å²) >= 11 is 5.93. The third-order valence-corrected chi connectivity index (χ3v) is 3.54. The van der Waals surface area contributed by atoms with Crippen molar-refractivity contribution in [3.8, 4) is 0 Å². The van der Waals surface area contributed by atoms with Gasteiger partial charge in [-0.3, -0.25) is 9.59 Å². The molecule has 0 heterocycles. The summed E-state index contributed by atoms with van der Waals surface area (Å²) in [5.41, 5.74) is 0.597. The number of nitrogens with one attached hydrogen (secondary N) is 2. The minimum atomic E-state index is -0.640. The summed E-state index contributed by atoms with van der Waals surface area (Å²) in [6, 6.07) is 4.60. The van der Waals surface area contributed by atoms with Crippen molar-refractivity contribution in [1.82, 2.24) is 5.32 Å². The molecular weight excluding hydrogens is 320 g/mol. The second kappa shape index (κ2) is 7.78. The lowest BCUT2D eigenvalue weighted by Crippen LogP contribution is -2.27. The molecule has 0 bridgehead atoms. The van der Waals surface area contributed by atoms with Crippen molar-refractivity contribution in [2.75, 3.05) is 19.0 Å². The molecule has 1 aliphatic carbocycles. The van der Waals surface area contributed by atoms with Crippen LogP contribution in [0.3, 0.4) is 0 Å². The molecule has 1 aromatic rings. The minimum Gasteiger partial charge on any atom is -0.466 e. The second-order valence-electron chi connectivity index (χ2n) is 5.19. The van der Waals surface area contributed by atoms with E-state index < -0.39 is 11.9 Å². The zero-order valence-electron chi connectivity index (χ0n) is 12.6. The van der Waals surface area contributed by atoms with Crippen molar-refractivity contribution in [2.45, 2.75) is 12.8 Å². The van der Waals surface area contributed by atoms with Crippen molar-refractivity contribution in [1.29, 1.82) is 0 Å². The number of ether oxygens (including phenoxy) is 1. The number of methoxy groups -OCH3 is 1. The van der Waals surface area contributed by atoms with E-state index in [1.807, 2.05) is 0 Å². The normalized spacial score (nSPS) is 13.7. The maximum absolute atomic E-state index is 12.2. The molecule has 23 heavy (non-hydrogen) atoms. The first-order valence-electron chi connectivity index (χ1n) is 7.14. The van der Waals surface area contributed by atoms with Gasteiger partial charge in [-0.2, -0.15) is 0 Å². The molecule has 0 atom stereocenters. The fourth-order valence-corrected chi connectivity index (χ4v) is 2.03. The highest BCUT2D eigenvalue weighted by molar-refractivity contribution is 6.31. The van der Waals surface area contributed by atoms with Gasteiger partial charge in [0.25, 0.3) is 5.91 Å². The highest BCUT2D eigenvalue weighted by Gasteiger charge is 2.22. The number of carbonyl (C=O) groups excluding carboxylic acids is 3. The lowest BCUT2D eigenvalue weighted by Gasteiger charge is -2.11. The van der Waals surface area contributed by atoms with E-state index in [9.17, 15) is 14.4 Å². The van der Waals surface area contributed by atoms with Gasteiger partial charge < -0.3 is 15.4 Å². The fraction of sp³-hybridized carbons (Fsp3) is 0.312. The van der Waals surface area contributed by atoms with Crippen molar-refractivity contribution in [3.05, 3.63) is 40.9 Å². The van der Waals surface area contributed by atoms with Crippen LogP contribution in [0.1, 0.15) is 23.2 Å². The van der Waals surface area contributed by atoms with E-state index in [1.54, 1.807) is 6.07 Å². The number of benzene rings is 1. The zero-order valence-corrected chi connectivity index (χ0v) is 13.4. The van der Waals surface area contributed by atoms with Crippen LogP contribution in [-0.2, 0) is 14.3 Å². The first-order valence-corrected chi connectivity index (χ1v) is 7.52. The molecule has 0 aliphatic heterocycles. The van der Waals surface area contributed by atoms with Gasteiger partial charge in [-0.15, -0.1) is 0 Å². The zero-order chi connectivity index (χ0) is 16.8. The average molecular weight is 337 g/mol. The van der Waals surface area contributed by atoms with Gasteiger partial charge in [0.2, 0.25) is 5.91 Å². The number of halogens is 1. The molecule has 1 fully saturated rings. The topological polar surface area (TPSA) is 84.5 Å². The summed E-state index contributed by atoms with van der Waals surface area (Å²) in [5, 5.41) is 5.76. The first-order chi connectivity index (χ1) is 11.0. The molecule has 1 aliphatic rings. The second-order valence-corrected chi connectivity index (χ2v) is 5.63. The molecule has 0 aromatic heterocycles. The summed E-state index contributed by atoms with van der Waals surface area (Å²) < 4.78 is 4.40. The van der Waals surface area contributed by atoms with Crippen LogP contribution in [-0.4, -0.2) is 31.4 Å². The maximum Gasteiger partial charge on any atom is 0.330 e. The Hall–Kier alpha value is -2.34. The Labute approximate surface area is 138 Å². The van der Waals surface area contributed by atoms with E-state index in [1.165, 1.54) is 19.2 Å².